The molecule has 1 heterocycles. The SMILES string of the molecule is CCCCCSc1cc(C)nc(C)c1CN. The number of aryl methyl sites for hydroxylation is 2. The average Bonchev–Trinajstić information content (AvgIpc) is 2.24. The quantitative estimate of drug-likeness (QED) is 0.609. The Labute approximate surface area is 103 Å². The van der Waals surface area contributed by atoms with E-state index in [0.717, 1.165) is 11.4 Å². The number of thioether (sulfide) groups is 1. The summed E-state index contributed by atoms with van der Waals surface area (Å²) in [6, 6.07) is 2.16. The molecule has 0 unspecified atom stereocenters. The minimum Gasteiger partial charge on any atom is -0.326 e. The zero-order valence-electron chi connectivity index (χ0n) is 10.5. The van der Waals surface area contributed by atoms with Gasteiger partial charge in [0.1, 0.15) is 0 Å². The maximum atomic E-state index is 5.78. The number of unbranched alkanes of at least 4 members (excludes halogenated alkanes) is 2. The molecule has 0 aromatic carbocycles. The summed E-state index contributed by atoms with van der Waals surface area (Å²) < 4.78 is 0. The van der Waals surface area contributed by atoms with Gasteiger partial charge in [-0.15, -0.1) is 11.8 Å². The lowest BCUT2D eigenvalue weighted by molar-refractivity contribution is 0.778. The predicted molar refractivity (Wildman–Crippen MR) is 71.9 cm³/mol. The van der Waals surface area contributed by atoms with Crippen LogP contribution in [-0.2, 0) is 6.54 Å². The summed E-state index contributed by atoms with van der Waals surface area (Å²) in [6.07, 6.45) is 3.87. The highest BCUT2D eigenvalue weighted by Gasteiger charge is 2.07. The summed E-state index contributed by atoms with van der Waals surface area (Å²) in [7, 11) is 0. The molecule has 0 saturated carbocycles. The lowest BCUT2D eigenvalue weighted by Gasteiger charge is -2.11. The van der Waals surface area contributed by atoms with E-state index in [-0.39, 0.29) is 0 Å². The third-order valence-electron chi connectivity index (χ3n) is 2.63. The number of nitrogens with two attached hydrogens (primary N) is 1. The zero-order valence-corrected chi connectivity index (χ0v) is 11.4. The van der Waals surface area contributed by atoms with Gasteiger partial charge in [0.15, 0.2) is 0 Å². The summed E-state index contributed by atoms with van der Waals surface area (Å²) in [5, 5.41) is 0. The van der Waals surface area contributed by atoms with E-state index in [1.807, 2.05) is 25.6 Å². The minimum absolute atomic E-state index is 0.592. The molecular weight excluding hydrogens is 216 g/mol. The van der Waals surface area contributed by atoms with E-state index in [9.17, 15) is 0 Å². The summed E-state index contributed by atoms with van der Waals surface area (Å²) in [6.45, 7) is 6.92. The van der Waals surface area contributed by atoms with Crippen molar-refractivity contribution in [3.8, 4) is 0 Å². The standard InChI is InChI=1S/C13H22N2S/c1-4-5-6-7-16-13-8-10(2)15-11(3)12(13)9-14/h8H,4-7,9,14H2,1-3H3. The summed E-state index contributed by atoms with van der Waals surface area (Å²) in [4.78, 5) is 5.78. The molecule has 0 aliphatic rings. The van der Waals surface area contributed by atoms with Crippen molar-refractivity contribution >= 4 is 11.8 Å². The van der Waals surface area contributed by atoms with Gasteiger partial charge in [-0.2, -0.15) is 0 Å². The van der Waals surface area contributed by atoms with Gasteiger partial charge >= 0.3 is 0 Å². The molecular formula is C13H22N2S. The summed E-state index contributed by atoms with van der Waals surface area (Å²) >= 11 is 1.92. The lowest BCUT2D eigenvalue weighted by Crippen LogP contribution is -2.04. The van der Waals surface area contributed by atoms with E-state index in [2.05, 4.69) is 18.0 Å². The number of rotatable bonds is 6. The Balaban J connectivity index is 2.69. The van der Waals surface area contributed by atoms with Crippen LogP contribution in [0.5, 0.6) is 0 Å². The van der Waals surface area contributed by atoms with Gasteiger partial charge in [0, 0.05) is 28.4 Å². The van der Waals surface area contributed by atoms with Crippen LogP contribution in [0.15, 0.2) is 11.0 Å². The van der Waals surface area contributed by atoms with Crippen molar-refractivity contribution in [2.75, 3.05) is 5.75 Å². The van der Waals surface area contributed by atoms with Crippen LogP contribution in [0.3, 0.4) is 0 Å². The molecule has 0 aliphatic carbocycles. The largest absolute Gasteiger partial charge is 0.326 e. The Kier molecular flexibility index (Phi) is 5.85. The maximum Gasteiger partial charge on any atom is 0.0431 e. The van der Waals surface area contributed by atoms with Crippen molar-refractivity contribution in [1.82, 2.24) is 4.98 Å². The Morgan fingerprint density at radius 1 is 1.31 bits per heavy atom. The Hall–Kier alpha value is -0.540. The second-order valence-electron chi connectivity index (χ2n) is 4.09. The van der Waals surface area contributed by atoms with Gasteiger partial charge in [-0.25, -0.2) is 0 Å². The van der Waals surface area contributed by atoms with Crippen LogP contribution in [0.25, 0.3) is 0 Å². The number of pyridine rings is 1. The third kappa shape index (κ3) is 3.80. The van der Waals surface area contributed by atoms with Crippen LogP contribution in [-0.4, -0.2) is 10.7 Å². The fourth-order valence-electron chi connectivity index (χ4n) is 1.73. The van der Waals surface area contributed by atoms with Gasteiger partial charge in [0.2, 0.25) is 0 Å². The Morgan fingerprint density at radius 3 is 2.69 bits per heavy atom. The molecule has 0 amide bonds. The molecule has 1 aromatic heterocycles. The predicted octanol–water partition coefficient (Wildman–Crippen LogP) is 3.44. The molecule has 0 spiro atoms. The topological polar surface area (TPSA) is 38.9 Å². The van der Waals surface area contributed by atoms with Crippen LogP contribution in [0.1, 0.15) is 43.1 Å². The van der Waals surface area contributed by atoms with Crippen molar-refractivity contribution < 1.29 is 0 Å². The molecule has 0 bridgehead atoms. The molecule has 0 radical (unpaired) electrons. The molecule has 2 nitrogen and oxygen atoms in total. The van der Waals surface area contributed by atoms with Crippen molar-refractivity contribution in [2.45, 2.75) is 51.5 Å². The van der Waals surface area contributed by atoms with Crippen LogP contribution >= 0.6 is 11.8 Å². The number of nitrogens with zero attached hydrogens (tertiary/aromatic N) is 1. The van der Waals surface area contributed by atoms with E-state index in [0.29, 0.717) is 6.54 Å². The zero-order chi connectivity index (χ0) is 12.0. The van der Waals surface area contributed by atoms with Crippen molar-refractivity contribution in [2.24, 2.45) is 5.73 Å². The Morgan fingerprint density at radius 2 is 2.06 bits per heavy atom. The highest BCUT2D eigenvalue weighted by Crippen LogP contribution is 2.26. The molecule has 1 aromatic rings. The maximum absolute atomic E-state index is 5.78. The van der Waals surface area contributed by atoms with Crippen molar-refractivity contribution in [3.63, 3.8) is 0 Å². The first-order chi connectivity index (χ1) is 7.69. The monoisotopic (exact) mass is 238 g/mol. The summed E-state index contributed by atoms with van der Waals surface area (Å²) in [5.74, 6) is 1.18. The lowest BCUT2D eigenvalue weighted by atomic mass is 10.2. The molecule has 90 valence electrons. The highest BCUT2D eigenvalue weighted by molar-refractivity contribution is 7.99. The van der Waals surface area contributed by atoms with Crippen LogP contribution in [0, 0.1) is 13.8 Å². The fourth-order valence-corrected chi connectivity index (χ4v) is 2.96. The van der Waals surface area contributed by atoms with E-state index in [1.165, 1.54) is 35.5 Å². The smallest absolute Gasteiger partial charge is 0.0431 e. The molecule has 0 fully saturated rings. The average molecular weight is 238 g/mol. The highest BCUT2D eigenvalue weighted by atomic mass is 32.2. The second-order valence-corrected chi connectivity index (χ2v) is 5.22. The van der Waals surface area contributed by atoms with E-state index < -0.39 is 0 Å². The molecule has 0 atom stereocenters. The van der Waals surface area contributed by atoms with E-state index in [1.54, 1.807) is 0 Å². The first-order valence-corrected chi connectivity index (χ1v) is 6.97. The number of hydrogen-bond acceptors (Lipinski definition) is 3. The second kappa shape index (κ2) is 6.92. The fraction of sp³-hybridized carbons (Fsp3) is 0.615. The van der Waals surface area contributed by atoms with E-state index in [4.69, 9.17) is 5.73 Å². The molecule has 16 heavy (non-hydrogen) atoms. The summed E-state index contributed by atoms with van der Waals surface area (Å²) in [5.41, 5.74) is 9.17. The first kappa shape index (κ1) is 13.5. The number of aromatic nitrogens is 1. The Bertz CT molecular complexity index is 337. The van der Waals surface area contributed by atoms with Crippen molar-refractivity contribution in [1.29, 1.82) is 0 Å². The first-order valence-electron chi connectivity index (χ1n) is 5.99. The third-order valence-corrected chi connectivity index (χ3v) is 3.80. The van der Waals surface area contributed by atoms with Gasteiger partial charge in [-0.05, 0) is 32.1 Å². The minimum atomic E-state index is 0.592. The van der Waals surface area contributed by atoms with Crippen molar-refractivity contribution in [3.05, 3.63) is 23.0 Å². The molecule has 2 N–H and O–H groups in total. The van der Waals surface area contributed by atoms with Crippen LogP contribution < -0.4 is 5.73 Å². The molecule has 1 rings (SSSR count). The van der Waals surface area contributed by atoms with Gasteiger partial charge in [-0.3, -0.25) is 4.98 Å². The molecule has 3 heteroatoms. The van der Waals surface area contributed by atoms with Gasteiger partial charge < -0.3 is 5.73 Å². The van der Waals surface area contributed by atoms with Crippen LogP contribution in [0.4, 0.5) is 0 Å². The van der Waals surface area contributed by atoms with Gasteiger partial charge in [-0.1, -0.05) is 19.8 Å². The van der Waals surface area contributed by atoms with E-state index >= 15 is 0 Å². The molecule has 0 saturated heterocycles. The number of hydrogen-bond donors (Lipinski definition) is 1. The van der Waals surface area contributed by atoms with Gasteiger partial charge in [0.05, 0.1) is 0 Å². The normalized spacial score (nSPS) is 10.8. The van der Waals surface area contributed by atoms with Crippen LogP contribution in [0.2, 0.25) is 0 Å². The van der Waals surface area contributed by atoms with Gasteiger partial charge in [0.25, 0.3) is 0 Å². The molecule has 0 aliphatic heterocycles.